The van der Waals surface area contributed by atoms with Gasteiger partial charge in [0.2, 0.25) is 5.76 Å². The Kier molecular flexibility index (Phi) is 1.91. The SMILES string of the molecule is O=C1NC=CNc2c1oc1ccc3ncccc3c21. The van der Waals surface area contributed by atoms with Crippen LogP contribution in [-0.2, 0) is 0 Å². The molecule has 1 aromatic carbocycles. The van der Waals surface area contributed by atoms with Crippen molar-refractivity contribution < 1.29 is 9.21 Å². The zero-order valence-electron chi connectivity index (χ0n) is 9.81. The molecule has 0 saturated heterocycles. The molecule has 0 spiro atoms. The van der Waals surface area contributed by atoms with Gasteiger partial charge in [-0.1, -0.05) is 6.07 Å². The number of rotatable bonds is 0. The molecule has 0 aliphatic carbocycles. The van der Waals surface area contributed by atoms with Crippen LogP contribution in [0.1, 0.15) is 10.6 Å². The van der Waals surface area contributed by atoms with Crippen LogP contribution in [0.15, 0.2) is 47.3 Å². The number of nitrogens with one attached hydrogen (secondary N) is 2. The fourth-order valence-electron chi connectivity index (χ4n) is 2.36. The van der Waals surface area contributed by atoms with E-state index in [-0.39, 0.29) is 11.7 Å². The van der Waals surface area contributed by atoms with Crippen molar-refractivity contribution in [2.45, 2.75) is 0 Å². The number of hydrogen-bond acceptors (Lipinski definition) is 4. The molecule has 4 rings (SSSR count). The third-order valence-electron chi connectivity index (χ3n) is 3.17. The molecule has 0 atom stereocenters. The lowest BCUT2D eigenvalue weighted by Crippen LogP contribution is -2.14. The van der Waals surface area contributed by atoms with E-state index in [0.29, 0.717) is 11.3 Å². The van der Waals surface area contributed by atoms with Gasteiger partial charge in [0.05, 0.1) is 16.6 Å². The van der Waals surface area contributed by atoms with E-state index >= 15 is 0 Å². The minimum absolute atomic E-state index is 0.260. The van der Waals surface area contributed by atoms with Crippen molar-refractivity contribution in [1.82, 2.24) is 10.3 Å². The first kappa shape index (κ1) is 10.1. The number of hydrogen-bond donors (Lipinski definition) is 2. The first-order chi connectivity index (χ1) is 9.34. The van der Waals surface area contributed by atoms with E-state index in [1.807, 2.05) is 24.3 Å². The number of fused-ring (bicyclic) bond motifs is 5. The largest absolute Gasteiger partial charge is 0.449 e. The summed E-state index contributed by atoms with van der Waals surface area (Å²) in [5.41, 5.74) is 2.22. The maximum Gasteiger partial charge on any atom is 0.293 e. The lowest BCUT2D eigenvalue weighted by atomic mass is 10.1. The summed E-state index contributed by atoms with van der Waals surface area (Å²) in [4.78, 5) is 16.2. The Morgan fingerprint density at radius 3 is 2.95 bits per heavy atom. The Morgan fingerprint density at radius 2 is 2.00 bits per heavy atom. The molecule has 0 saturated carbocycles. The number of pyridine rings is 1. The summed E-state index contributed by atoms with van der Waals surface area (Å²) >= 11 is 0. The molecule has 0 unspecified atom stereocenters. The molecule has 2 aromatic heterocycles. The van der Waals surface area contributed by atoms with Gasteiger partial charge in [-0.05, 0) is 18.2 Å². The minimum atomic E-state index is -0.260. The van der Waals surface area contributed by atoms with Gasteiger partial charge in [-0.2, -0.15) is 0 Å². The number of nitrogens with zero attached hydrogens (tertiary/aromatic N) is 1. The van der Waals surface area contributed by atoms with Crippen LogP contribution in [0.25, 0.3) is 21.9 Å². The van der Waals surface area contributed by atoms with Gasteiger partial charge in [-0.25, -0.2) is 0 Å². The third-order valence-corrected chi connectivity index (χ3v) is 3.17. The zero-order valence-corrected chi connectivity index (χ0v) is 9.81. The van der Waals surface area contributed by atoms with Gasteiger partial charge in [0, 0.05) is 24.0 Å². The van der Waals surface area contributed by atoms with E-state index in [1.54, 1.807) is 18.6 Å². The summed E-state index contributed by atoms with van der Waals surface area (Å²) < 4.78 is 5.65. The van der Waals surface area contributed by atoms with E-state index in [9.17, 15) is 4.79 Å². The second-order valence-corrected chi connectivity index (χ2v) is 4.27. The molecule has 5 heteroatoms. The summed E-state index contributed by atoms with van der Waals surface area (Å²) in [5.74, 6) is 0.0286. The lowest BCUT2D eigenvalue weighted by Gasteiger charge is -2.00. The molecule has 1 aliphatic heterocycles. The molecule has 5 nitrogen and oxygen atoms in total. The second-order valence-electron chi connectivity index (χ2n) is 4.27. The van der Waals surface area contributed by atoms with Gasteiger partial charge in [-0.15, -0.1) is 0 Å². The fourth-order valence-corrected chi connectivity index (χ4v) is 2.36. The topological polar surface area (TPSA) is 67.2 Å². The van der Waals surface area contributed by atoms with Gasteiger partial charge in [-0.3, -0.25) is 9.78 Å². The molecule has 19 heavy (non-hydrogen) atoms. The van der Waals surface area contributed by atoms with E-state index in [2.05, 4.69) is 15.6 Å². The number of furan rings is 1. The number of anilines is 1. The van der Waals surface area contributed by atoms with Crippen molar-refractivity contribution >= 4 is 33.5 Å². The predicted octanol–water partition coefficient (Wildman–Crippen LogP) is 2.61. The number of carbonyl (C=O) groups excluding carboxylic acids is 1. The summed E-state index contributed by atoms with van der Waals surface area (Å²) in [7, 11) is 0. The Labute approximate surface area is 107 Å². The third kappa shape index (κ3) is 1.35. The standard InChI is InChI=1S/C14H9N3O2/c18-14-13-12(16-6-7-17-14)11-8-2-1-5-15-9(8)3-4-10(11)19-13/h1-7,16H,(H,17,18). The van der Waals surface area contributed by atoms with Gasteiger partial charge >= 0.3 is 0 Å². The highest BCUT2D eigenvalue weighted by atomic mass is 16.3. The lowest BCUT2D eigenvalue weighted by molar-refractivity contribution is 0.0947. The maximum atomic E-state index is 11.9. The quantitative estimate of drug-likeness (QED) is 0.644. The first-order valence-corrected chi connectivity index (χ1v) is 5.87. The van der Waals surface area contributed by atoms with Crippen molar-refractivity contribution in [2.75, 3.05) is 5.32 Å². The molecule has 92 valence electrons. The van der Waals surface area contributed by atoms with Crippen LogP contribution in [0.5, 0.6) is 0 Å². The molecule has 0 fully saturated rings. The number of aromatic nitrogens is 1. The van der Waals surface area contributed by atoms with E-state index in [0.717, 1.165) is 16.3 Å². The number of carbonyl (C=O) groups is 1. The van der Waals surface area contributed by atoms with Gasteiger partial charge in [0.1, 0.15) is 5.58 Å². The molecule has 1 aliphatic rings. The number of benzene rings is 1. The van der Waals surface area contributed by atoms with Gasteiger partial charge < -0.3 is 15.1 Å². The molecule has 0 bridgehead atoms. The predicted molar refractivity (Wildman–Crippen MR) is 71.7 cm³/mol. The first-order valence-electron chi connectivity index (χ1n) is 5.87. The number of amides is 1. The second kappa shape index (κ2) is 3.58. The van der Waals surface area contributed by atoms with Crippen LogP contribution in [0.3, 0.4) is 0 Å². The van der Waals surface area contributed by atoms with Crippen molar-refractivity contribution in [3.05, 3.63) is 48.6 Å². The molecule has 1 amide bonds. The van der Waals surface area contributed by atoms with Gasteiger partial charge in [0.25, 0.3) is 5.91 Å². The molecular formula is C14H9N3O2. The Bertz CT molecular complexity index is 848. The summed E-state index contributed by atoms with van der Waals surface area (Å²) in [6, 6.07) is 7.55. The fraction of sp³-hybridized carbons (Fsp3) is 0. The van der Waals surface area contributed by atoms with Crippen LogP contribution in [0.4, 0.5) is 5.69 Å². The van der Waals surface area contributed by atoms with Crippen molar-refractivity contribution in [3.8, 4) is 0 Å². The minimum Gasteiger partial charge on any atom is -0.449 e. The van der Waals surface area contributed by atoms with Crippen molar-refractivity contribution in [3.63, 3.8) is 0 Å². The zero-order chi connectivity index (χ0) is 12.8. The monoisotopic (exact) mass is 251 g/mol. The Balaban J connectivity index is 2.19. The highest BCUT2D eigenvalue weighted by Gasteiger charge is 2.22. The summed E-state index contributed by atoms with van der Waals surface area (Å²) in [5, 5.41) is 7.54. The van der Waals surface area contributed by atoms with E-state index in [1.165, 1.54) is 0 Å². The Hall–Kier alpha value is -2.82. The molecule has 3 aromatic rings. The van der Waals surface area contributed by atoms with Crippen LogP contribution >= 0.6 is 0 Å². The van der Waals surface area contributed by atoms with Crippen LogP contribution in [0.2, 0.25) is 0 Å². The van der Waals surface area contributed by atoms with Gasteiger partial charge in [0.15, 0.2) is 0 Å². The molecule has 3 heterocycles. The summed E-state index contributed by atoms with van der Waals surface area (Å²) in [6.07, 6.45) is 4.97. The highest BCUT2D eigenvalue weighted by molar-refractivity contribution is 6.16. The van der Waals surface area contributed by atoms with Crippen molar-refractivity contribution in [1.29, 1.82) is 0 Å². The average molecular weight is 251 g/mol. The summed E-state index contributed by atoms with van der Waals surface area (Å²) in [6.45, 7) is 0. The Morgan fingerprint density at radius 1 is 1.11 bits per heavy atom. The maximum absolute atomic E-state index is 11.9. The molecular weight excluding hydrogens is 242 g/mol. The normalized spacial score (nSPS) is 14.0. The molecule has 0 radical (unpaired) electrons. The van der Waals surface area contributed by atoms with Crippen LogP contribution in [0, 0.1) is 0 Å². The average Bonchev–Trinajstić information content (AvgIpc) is 2.73. The smallest absolute Gasteiger partial charge is 0.293 e. The van der Waals surface area contributed by atoms with Crippen molar-refractivity contribution in [2.24, 2.45) is 0 Å². The molecule has 2 N–H and O–H groups in total. The highest BCUT2D eigenvalue weighted by Crippen LogP contribution is 2.36. The van der Waals surface area contributed by atoms with E-state index < -0.39 is 0 Å². The van der Waals surface area contributed by atoms with Crippen LogP contribution < -0.4 is 10.6 Å². The van der Waals surface area contributed by atoms with E-state index in [4.69, 9.17) is 4.42 Å². The van der Waals surface area contributed by atoms with Crippen LogP contribution in [-0.4, -0.2) is 10.9 Å².